The van der Waals surface area contributed by atoms with Gasteiger partial charge in [-0.1, -0.05) is 11.6 Å². The quantitative estimate of drug-likeness (QED) is 0.910. The lowest BCUT2D eigenvalue weighted by Gasteiger charge is -2.39. The van der Waals surface area contributed by atoms with Gasteiger partial charge in [-0.25, -0.2) is 0 Å². The Bertz CT molecular complexity index is 414. The van der Waals surface area contributed by atoms with Crippen molar-refractivity contribution in [3.8, 4) is 0 Å². The van der Waals surface area contributed by atoms with E-state index in [0.29, 0.717) is 6.04 Å². The van der Waals surface area contributed by atoms with Crippen LogP contribution in [0.3, 0.4) is 0 Å². The molecule has 2 nitrogen and oxygen atoms in total. The predicted octanol–water partition coefficient (Wildman–Crippen LogP) is 3.93. The lowest BCUT2D eigenvalue weighted by molar-refractivity contribution is 0.115. The Hall–Kier alpha value is -0.0900. The van der Waals surface area contributed by atoms with Gasteiger partial charge in [-0.05, 0) is 68.6 Å². The molecular formula is C15H23ClN2S. The van der Waals surface area contributed by atoms with Gasteiger partial charge in [0.15, 0.2) is 0 Å². The van der Waals surface area contributed by atoms with Crippen LogP contribution in [0, 0.1) is 5.92 Å². The molecule has 0 radical (unpaired) electrons. The maximum atomic E-state index is 6.07. The number of likely N-dealkylation sites (tertiary alicyclic amines) is 1. The molecule has 0 aromatic carbocycles. The molecule has 2 aliphatic rings. The maximum absolute atomic E-state index is 6.07. The minimum Gasteiger partial charge on any atom is -0.314 e. The maximum Gasteiger partial charge on any atom is 0.0931 e. The summed E-state index contributed by atoms with van der Waals surface area (Å²) in [7, 11) is 0. The van der Waals surface area contributed by atoms with Crippen LogP contribution in [0.2, 0.25) is 4.34 Å². The van der Waals surface area contributed by atoms with Gasteiger partial charge in [0.1, 0.15) is 0 Å². The minimum atomic E-state index is 0.507. The number of rotatable bonds is 3. The van der Waals surface area contributed by atoms with Gasteiger partial charge in [-0.15, -0.1) is 11.3 Å². The van der Waals surface area contributed by atoms with E-state index in [4.69, 9.17) is 11.6 Å². The molecule has 106 valence electrons. The first kappa shape index (κ1) is 13.9. The smallest absolute Gasteiger partial charge is 0.0931 e. The van der Waals surface area contributed by atoms with E-state index in [1.165, 1.54) is 50.9 Å². The van der Waals surface area contributed by atoms with Crippen LogP contribution in [0.25, 0.3) is 0 Å². The second-order valence-corrected chi connectivity index (χ2v) is 7.50. The number of thiophene rings is 1. The molecule has 0 amide bonds. The van der Waals surface area contributed by atoms with Gasteiger partial charge >= 0.3 is 0 Å². The molecular weight excluding hydrogens is 276 g/mol. The molecule has 0 spiro atoms. The van der Waals surface area contributed by atoms with Crippen LogP contribution in [-0.2, 0) is 0 Å². The molecule has 3 unspecified atom stereocenters. The molecule has 0 aliphatic carbocycles. The third-order valence-corrected chi connectivity index (χ3v) is 5.88. The summed E-state index contributed by atoms with van der Waals surface area (Å²) in [5, 5.41) is 5.90. The van der Waals surface area contributed by atoms with Gasteiger partial charge in [-0.3, -0.25) is 4.90 Å². The third-order valence-electron chi connectivity index (χ3n) is 4.77. The Balaban J connectivity index is 1.64. The van der Waals surface area contributed by atoms with Crippen molar-refractivity contribution in [2.45, 2.75) is 44.7 Å². The van der Waals surface area contributed by atoms with Crippen molar-refractivity contribution in [2.75, 3.05) is 19.6 Å². The van der Waals surface area contributed by atoms with Crippen LogP contribution in [0.15, 0.2) is 11.4 Å². The Labute approximate surface area is 125 Å². The van der Waals surface area contributed by atoms with Crippen LogP contribution in [0.5, 0.6) is 0 Å². The van der Waals surface area contributed by atoms with Crippen molar-refractivity contribution in [3.63, 3.8) is 0 Å². The molecule has 3 heterocycles. The Morgan fingerprint density at radius 1 is 1.42 bits per heavy atom. The Kier molecular flexibility index (Phi) is 4.47. The molecule has 0 bridgehead atoms. The minimum absolute atomic E-state index is 0.507. The van der Waals surface area contributed by atoms with Crippen molar-refractivity contribution in [1.29, 1.82) is 0 Å². The predicted molar refractivity (Wildman–Crippen MR) is 83.1 cm³/mol. The van der Waals surface area contributed by atoms with Gasteiger partial charge < -0.3 is 5.32 Å². The number of nitrogens with one attached hydrogen (secondary N) is 1. The van der Waals surface area contributed by atoms with E-state index in [-0.39, 0.29) is 0 Å². The zero-order valence-corrected chi connectivity index (χ0v) is 13.1. The van der Waals surface area contributed by atoms with E-state index in [2.05, 4.69) is 28.6 Å². The molecule has 4 heteroatoms. The van der Waals surface area contributed by atoms with E-state index in [9.17, 15) is 0 Å². The second kappa shape index (κ2) is 6.13. The monoisotopic (exact) mass is 298 g/mol. The summed E-state index contributed by atoms with van der Waals surface area (Å²) < 4.78 is 0.910. The van der Waals surface area contributed by atoms with E-state index >= 15 is 0 Å². The highest BCUT2D eigenvalue weighted by molar-refractivity contribution is 7.14. The van der Waals surface area contributed by atoms with Crippen LogP contribution >= 0.6 is 22.9 Å². The van der Waals surface area contributed by atoms with Crippen molar-refractivity contribution in [2.24, 2.45) is 5.92 Å². The highest BCUT2D eigenvalue weighted by Crippen LogP contribution is 2.32. The van der Waals surface area contributed by atoms with Gasteiger partial charge in [-0.2, -0.15) is 0 Å². The third kappa shape index (κ3) is 3.15. The first-order valence-electron chi connectivity index (χ1n) is 7.45. The van der Waals surface area contributed by atoms with E-state index in [1.54, 1.807) is 11.3 Å². The molecule has 3 rings (SSSR count). The highest BCUT2D eigenvalue weighted by atomic mass is 35.5. The molecule has 1 N–H and O–H groups in total. The van der Waals surface area contributed by atoms with Gasteiger partial charge in [0.2, 0.25) is 0 Å². The second-order valence-electron chi connectivity index (χ2n) is 5.96. The highest BCUT2D eigenvalue weighted by Gasteiger charge is 2.31. The standard InChI is InChI=1S/C15H23ClN2S/c1-11(13-8-15(16)19-10-13)18-7-3-4-12(9-18)14-5-2-6-17-14/h8,10-12,14,17H,2-7,9H2,1H3. The number of halogens is 1. The molecule has 2 aliphatic heterocycles. The Morgan fingerprint density at radius 3 is 3.00 bits per heavy atom. The van der Waals surface area contributed by atoms with Crippen molar-refractivity contribution in [3.05, 3.63) is 21.3 Å². The van der Waals surface area contributed by atoms with Crippen LogP contribution in [-0.4, -0.2) is 30.6 Å². The number of hydrogen-bond acceptors (Lipinski definition) is 3. The first-order chi connectivity index (χ1) is 9.24. The van der Waals surface area contributed by atoms with Crippen molar-refractivity contribution < 1.29 is 0 Å². The van der Waals surface area contributed by atoms with Gasteiger partial charge in [0, 0.05) is 18.6 Å². The summed E-state index contributed by atoms with van der Waals surface area (Å²) in [6, 6.07) is 3.41. The zero-order chi connectivity index (χ0) is 13.2. The molecule has 2 saturated heterocycles. The molecule has 0 saturated carbocycles. The molecule has 1 aromatic rings. The fourth-order valence-electron chi connectivity index (χ4n) is 3.59. The van der Waals surface area contributed by atoms with E-state index in [0.717, 1.165) is 16.3 Å². The summed E-state index contributed by atoms with van der Waals surface area (Å²) in [5.74, 6) is 0.841. The van der Waals surface area contributed by atoms with Crippen molar-refractivity contribution >= 4 is 22.9 Å². The Morgan fingerprint density at radius 2 is 2.32 bits per heavy atom. The fourth-order valence-corrected chi connectivity index (χ4v) is 4.57. The number of nitrogens with zero attached hydrogens (tertiary/aromatic N) is 1. The van der Waals surface area contributed by atoms with Crippen LogP contribution < -0.4 is 5.32 Å². The van der Waals surface area contributed by atoms with E-state index < -0.39 is 0 Å². The van der Waals surface area contributed by atoms with E-state index in [1.807, 2.05) is 0 Å². The van der Waals surface area contributed by atoms with Crippen LogP contribution in [0.4, 0.5) is 0 Å². The molecule has 2 fully saturated rings. The average molecular weight is 299 g/mol. The molecule has 3 atom stereocenters. The fraction of sp³-hybridized carbons (Fsp3) is 0.733. The lowest BCUT2D eigenvalue weighted by Crippen LogP contribution is -2.44. The lowest BCUT2D eigenvalue weighted by atomic mass is 9.88. The molecule has 19 heavy (non-hydrogen) atoms. The van der Waals surface area contributed by atoms with Gasteiger partial charge in [0.05, 0.1) is 4.34 Å². The largest absolute Gasteiger partial charge is 0.314 e. The summed E-state index contributed by atoms with van der Waals surface area (Å²) in [6.45, 7) is 6.02. The first-order valence-corrected chi connectivity index (χ1v) is 8.71. The molecule has 1 aromatic heterocycles. The number of piperidine rings is 1. The normalized spacial score (nSPS) is 30.6. The van der Waals surface area contributed by atoms with Crippen molar-refractivity contribution in [1.82, 2.24) is 10.2 Å². The summed E-state index contributed by atoms with van der Waals surface area (Å²) in [5.41, 5.74) is 1.38. The zero-order valence-electron chi connectivity index (χ0n) is 11.6. The summed E-state index contributed by atoms with van der Waals surface area (Å²) >= 11 is 7.71. The average Bonchev–Trinajstić information content (AvgIpc) is 3.09. The summed E-state index contributed by atoms with van der Waals surface area (Å²) in [6.07, 6.45) is 5.46. The topological polar surface area (TPSA) is 15.3 Å². The van der Waals surface area contributed by atoms with Crippen LogP contribution in [0.1, 0.15) is 44.2 Å². The summed E-state index contributed by atoms with van der Waals surface area (Å²) in [4.78, 5) is 2.65. The number of hydrogen-bond donors (Lipinski definition) is 1. The van der Waals surface area contributed by atoms with Gasteiger partial charge in [0.25, 0.3) is 0 Å². The SMILES string of the molecule is CC(c1csc(Cl)c1)N1CCCC(C2CCCN2)C1.